The van der Waals surface area contributed by atoms with Gasteiger partial charge in [-0.1, -0.05) is 50.2 Å². The summed E-state index contributed by atoms with van der Waals surface area (Å²) in [5.41, 5.74) is 0.817. The van der Waals surface area contributed by atoms with Crippen LogP contribution in [0.15, 0.2) is 42.5 Å². The van der Waals surface area contributed by atoms with E-state index in [2.05, 4.69) is 29.4 Å². The average molecular weight is 313 g/mol. The molecule has 0 aliphatic rings. The van der Waals surface area contributed by atoms with Crippen molar-refractivity contribution in [2.75, 3.05) is 26.0 Å². The van der Waals surface area contributed by atoms with Gasteiger partial charge < -0.3 is 15.5 Å². The van der Waals surface area contributed by atoms with Crippen molar-refractivity contribution < 1.29 is 4.79 Å². The van der Waals surface area contributed by atoms with Crippen molar-refractivity contribution in [3.8, 4) is 0 Å². The average Bonchev–Trinajstić information content (AvgIpc) is 2.46. The summed E-state index contributed by atoms with van der Waals surface area (Å²) in [6.07, 6.45) is 0. The zero-order chi connectivity index (χ0) is 17.0. The Hall–Kier alpha value is -2.07. The molecule has 0 saturated carbocycles. The molecule has 2 aromatic carbocycles. The van der Waals surface area contributed by atoms with Crippen LogP contribution in [0.3, 0.4) is 0 Å². The van der Waals surface area contributed by atoms with E-state index >= 15 is 0 Å². The number of amides is 2. The SMILES string of the molecule is CC(NC(=O)Nc1cccc2ccccc12)C(C)(C)CN(C)C. The highest BCUT2D eigenvalue weighted by Gasteiger charge is 2.27. The van der Waals surface area contributed by atoms with Crippen molar-refractivity contribution in [3.05, 3.63) is 42.5 Å². The molecule has 0 aliphatic heterocycles. The third-order valence-corrected chi connectivity index (χ3v) is 4.28. The van der Waals surface area contributed by atoms with Gasteiger partial charge in [-0.2, -0.15) is 0 Å². The van der Waals surface area contributed by atoms with Crippen LogP contribution in [0, 0.1) is 5.41 Å². The molecular weight excluding hydrogens is 286 g/mol. The molecule has 0 radical (unpaired) electrons. The van der Waals surface area contributed by atoms with Gasteiger partial charge >= 0.3 is 6.03 Å². The highest BCUT2D eigenvalue weighted by atomic mass is 16.2. The Morgan fingerprint density at radius 3 is 2.48 bits per heavy atom. The first-order valence-electron chi connectivity index (χ1n) is 7.99. The van der Waals surface area contributed by atoms with Gasteiger partial charge in [0.2, 0.25) is 0 Å². The van der Waals surface area contributed by atoms with Crippen LogP contribution in [0.2, 0.25) is 0 Å². The van der Waals surface area contributed by atoms with Crippen LogP contribution in [0.1, 0.15) is 20.8 Å². The number of hydrogen-bond acceptors (Lipinski definition) is 2. The van der Waals surface area contributed by atoms with E-state index in [0.29, 0.717) is 0 Å². The van der Waals surface area contributed by atoms with Gasteiger partial charge in [-0.15, -0.1) is 0 Å². The Labute approximate surface area is 138 Å². The topological polar surface area (TPSA) is 44.4 Å². The fourth-order valence-electron chi connectivity index (χ4n) is 2.84. The number of benzene rings is 2. The van der Waals surface area contributed by atoms with Crippen molar-refractivity contribution >= 4 is 22.5 Å². The molecular formula is C19H27N3O. The minimum atomic E-state index is -0.166. The van der Waals surface area contributed by atoms with Gasteiger partial charge in [0.05, 0.1) is 5.69 Å². The van der Waals surface area contributed by atoms with Gasteiger partial charge in [0.15, 0.2) is 0 Å². The number of hydrogen-bond donors (Lipinski definition) is 2. The van der Waals surface area contributed by atoms with Gasteiger partial charge in [-0.3, -0.25) is 0 Å². The summed E-state index contributed by atoms with van der Waals surface area (Å²) >= 11 is 0. The van der Waals surface area contributed by atoms with Gasteiger partial charge in [-0.25, -0.2) is 4.79 Å². The quantitative estimate of drug-likeness (QED) is 0.878. The number of fused-ring (bicyclic) bond motifs is 1. The first-order chi connectivity index (χ1) is 10.8. The molecule has 0 heterocycles. The van der Waals surface area contributed by atoms with Crippen LogP contribution < -0.4 is 10.6 Å². The lowest BCUT2D eigenvalue weighted by atomic mass is 9.85. The highest BCUT2D eigenvalue weighted by molar-refractivity contribution is 6.01. The molecule has 4 heteroatoms. The minimum absolute atomic E-state index is 0.0143. The maximum absolute atomic E-state index is 12.4. The molecule has 2 rings (SSSR count). The molecule has 2 amide bonds. The van der Waals surface area contributed by atoms with E-state index in [1.54, 1.807) is 0 Å². The summed E-state index contributed by atoms with van der Waals surface area (Å²) in [4.78, 5) is 14.5. The normalized spacial score (nSPS) is 13.1. The second-order valence-electron chi connectivity index (χ2n) is 7.07. The summed E-state index contributed by atoms with van der Waals surface area (Å²) in [5.74, 6) is 0. The van der Waals surface area contributed by atoms with E-state index in [0.717, 1.165) is 23.0 Å². The van der Waals surface area contributed by atoms with Gasteiger partial charge in [0.1, 0.15) is 0 Å². The fraction of sp³-hybridized carbons (Fsp3) is 0.421. The first kappa shape index (κ1) is 17.3. The lowest BCUT2D eigenvalue weighted by Gasteiger charge is -2.34. The zero-order valence-corrected chi connectivity index (χ0v) is 14.7. The lowest BCUT2D eigenvalue weighted by Crippen LogP contribution is -2.48. The maximum atomic E-state index is 12.4. The Kier molecular flexibility index (Phi) is 5.26. The summed E-state index contributed by atoms with van der Waals surface area (Å²) in [7, 11) is 4.09. The van der Waals surface area contributed by atoms with Crippen molar-refractivity contribution in [3.63, 3.8) is 0 Å². The van der Waals surface area contributed by atoms with E-state index in [1.165, 1.54) is 0 Å². The Bertz CT molecular complexity index is 674. The van der Waals surface area contributed by atoms with Crippen LogP contribution in [0.4, 0.5) is 10.5 Å². The molecule has 124 valence electrons. The second-order valence-corrected chi connectivity index (χ2v) is 7.07. The van der Waals surface area contributed by atoms with Crippen LogP contribution in [-0.4, -0.2) is 37.6 Å². The summed E-state index contributed by atoms with van der Waals surface area (Å²) in [6, 6.07) is 13.9. The molecule has 4 nitrogen and oxygen atoms in total. The molecule has 0 aromatic heterocycles. The predicted octanol–water partition coefficient (Wildman–Crippen LogP) is 3.94. The largest absolute Gasteiger partial charge is 0.335 e. The van der Waals surface area contributed by atoms with Crippen molar-refractivity contribution in [2.24, 2.45) is 5.41 Å². The fourth-order valence-corrected chi connectivity index (χ4v) is 2.84. The number of nitrogens with zero attached hydrogens (tertiary/aromatic N) is 1. The molecule has 0 saturated heterocycles. The van der Waals surface area contributed by atoms with Crippen molar-refractivity contribution in [2.45, 2.75) is 26.8 Å². The monoisotopic (exact) mass is 313 g/mol. The number of anilines is 1. The first-order valence-corrected chi connectivity index (χ1v) is 7.99. The summed E-state index contributed by atoms with van der Waals surface area (Å²) in [5, 5.41) is 8.20. The van der Waals surface area contributed by atoms with Crippen LogP contribution in [0.25, 0.3) is 10.8 Å². The lowest BCUT2D eigenvalue weighted by molar-refractivity contribution is 0.183. The molecule has 23 heavy (non-hydrogen) atoms. The standard InChI is InChI=1S/C19H27N3O/c1-14(19(2,3)13-22(4)5)20-18(23)21-17-12-8-10-15-9-6-7-11-16(15)17/h6-12,14H,13H2,1-5H3,(H2,20,21,23). The van der Waals surface area contributed by atoms with E-state index in [1.807, 2.05) is 63.5 Å². The molecule has 1 unspecified atom stereocenters. The Morgan fingerprint density at radius 1 is 1.13 bits per heavy atom. The van der Waals surface area contributed by atoms with Crippen molar-refractivity contribution in [1.82, 2.24) is 10.2 Å². The molecule has 0 spiro atoms. The minimum Gasteiger partial charge on any atom is -0.335 e. The Morgan fingerprint density at radius 2 is 1.78 bits per heavy atom. The van der Waals surface area contributed by atoms with Crippen LogP contribution in [-0.2, 0) is 0 Å². The van der Waals surface area contributed by atoms with Crippen molar-refractivity contribution in [1.29, 1.82) is 0 Å². The van der Waals surface area contributed by atoms with Crippen LogP contribution >= 0.6 is 0 Å². The van der Waals surface area contributed by atoms with E-state index in [4.69, 9.17) is 0 Å². The number of nitrogens with one attached hydrogen (secondary N) is 2. The molecule has 0 bridgehead atoms. The van der Waals surface area contributed by atoms with Crippen LogP contribution in [0.5, 0.6) is 0 Å². The third-order valence-electron chi connectivity index (χ3n) is 4.28. The second kappa shape index (κ2) is 7.01. The number of carbonyl (C=O) groups is 1. The van der Waals surface area contributed by atoms with E-state index in [-0.39, 0.29) is 17.5 Å². The molecule has 0 aliphatic carbocycles. The third kappa shape index (κ3) is 4.45. The molecule has 1 atom stereocenters. The maximum Gasteiger partial charge on any atom is 0.319 e. The predicted molar refractivity (Wildman–Crippen MR) is 97.9 cm³/mol. The molecule has 2 aromatic rings. The highest BCUT2D eigenvalue weighted by Crippen LogP contribution is 2.24. The smallest absolute Gasteiger partial charge is 0.319 e. The van der Waals surface area contributed by atoms with Gasteiger partial charge in [0, 0.05) is 18.0 Å². The number of carbonyl (C=O) groups excluding carboxylic acids is 1. The van der Waals surface area contributed by atoms with E-state index < -0.39 is 0 Å². The van der Waals surface area contributed by atoms with Gasteiger partial charge in [0.25, 0.3) is 0 Å². The van der Waals surface area contributed by atoms with E-state index in [9.17, 15) is 4.79 Å². The number of rotatable bonds is 5. The zero-order valence-electron chi connectivity index (χ0n) is 14.7. The summed E-state index contributed by atoms with van der Waals surface area (Å²) < 4.78 is 0. The van der Waals surface area contributed by atoms with Gasteiger partial charge in [-0.05, 0) is 37.9 Å². The summed E-state index contributed by atoms with van der Waals surface area (Å²) in [6.45, 7) is 7.28. The Balaban J connectivity index is 2.07. The molecule has 0 fully saturated rings. The number of urea groups is 1. The molecule has 2 N–H and O–H groups in total.